The zero-order chi connectivity index (χ0) is 9.00. The Morgan fingerprint density at radius 2 is 0.455 bits per heavy atom. The molecule has 0 rings (SSSR count). The summed E-state index contributed by atoms with van der Waals surface area (Å²) in [6.07, 6.45) is 0. The van der Waals surface area contributed by atoms with Gasteiger partial charge >= 0.3 is 18.1 Å². The van der Waals surface area contributed by atoms with E-state index in [-0.39, 0.29) is 6.15 Å². The monoisotopic (exact) mass is 209 g/mol. The molecule has 0 saturated heterocycles. The van der Waals surface area contributed by atoms with Gasteiger partial charge in [0.25, 0.3) is 0 Å². The van der Waals surface area contributed by atoms with E-state index in [1.54, 1.807) is 0 Å². The van der Waals surface area contributed by atoms with Crippen molar-refractivity contribution in [3.63, 3.8) is 0 Å². The summed E-state index contributed by atoms with van der Waals surface area (Å²) in [5.74, 6) is 0. The minimum atomic E-state index is -4.61. The first kappa shape index (κ1) is 17.2. The Hall–Kier alpha value is 0.0738. The van der Waals surface area contributed by atoms with Gasteiger partial charge in [-0.15, -0.1) is 0 Å². The molecule has 0 bridgehead atoms. The largest absolute Gasteiger partial charge is 0.668 e. The third-order valence-electron chi connectivity index (χ3n) is 0. The fourth-order valence-electron chi connectivity index (χ4n) is 0. The summed E-state index contributed by atoms with van der Waals surface area (Å²) in [4.78, 5) is 58.6. The number of hydrogen-bond donors (Lipinski definition) is 9. The van der Waals surface area contributed by atoms with E-state index in [2.05, 4.69) is 0 Å². The highest BCUT2D eigenvalue weighted by molar-refractivity contribution is 6.47. The lowest BCUT2D eigenvalue weighted by Crippen LogP contribution is -2.33. The Bertz CT molecular complexity index is 55.1. The minimum absolute atomic E-state index is 0. The summed E-state index contributed by atoms with van der Waals surface area (Å²) in [6, 6.07) is 0. The maximum absolute atomic E-state index is 7.33. The predicted molar refractivity (Wildman–Crippen MR) is 34.3 cm³/mol. The van der Waals surface area contributed by atoms with Crippen molar-refractivity contribution in [3.05, 3.63) is 0 Å². The molecular formula is H11NO8Si2. The molecule has 0 spiro atoms. The van der Waals surface area contributed by atoms with Gasteiger partial charge in [-0.2, -0.15) is 0 Å². The van der Waals surface area contributed by atoms with Gasteiger partial charge < -0.3 is 44.5 Å². The highest BCUT2D eigenvalue weighted by Crippen LogP contribution is 1.67. The molecule has 0 fully saturated rings. The van der Waals surface area contributed by atoms with Crippen LogP contribution < -0.4 is 6.15 Å². The van der Waals surface area contributed by atoms with Crippen molar-refractivity contribution in [2.45, 2.75) is 0 Å². The van der Waals surface area contributed by atoms with Crippen LogP contribution in [-0.2, 0) is 0 Å². The van der Waals surface area contributed by atoms with Crippen LogP contribution in [0.5, 0.6) is 0 Å². The molecule has 11 heavy (non-hydrogen) atoms. The Morgan fingerprint density at radius 1 is 0.455 bits per heavy atom. The van der Waals surface area contributed by atoms with Gasteiger partial charge in [-0.3, -0.25) is 0 Å². The lowest BCUT2D eigenvalue weighted by atomic mass is 14.0. The van der Waals surface area contributed by atoms with Crippen molar-refractivity contribution in [3.8, 4) is 0 Å². The zero-order valence-electron chi connectivity index (χ0n) is 5.28. The predicted octanol–water partition coefficient (Wildman–Crippen LogP) is -5.06. The van der Waals surface area contributed by atoms with Crippen molar-refractivity contribution >= 4 is 18.1 Å². The SMILES string of the molecule is N.O[Si](O)(O)O.O[Si](O)(O)O. The van der Waals surface area contributed by atoms with Gasteiger partial charge in [-0.05, 0) is 0 Å². The lowest BCUT2D eigenvalue weighted by molar-refractivity contribution is 0.115. The van der Waals surface area contributed by atoms with Crippen LogP contribution in [0.4, 0.5) is 0 Å². The molecule has 0 unspecified atom stereocenters. The smallest absolute Gasteiger partial charge is 0.368 e. The highest BCUT2D eigenvalue weighted by atomic mass is 28.4. The van der Waals surface area contributed by atoms with E-state index in [4.69, 9.17) is 38.4 Å². The van der Waals surface area contributed by atoms with Crippen molar-refractivity contribution in [2.75, 3.05) is 0 Å². The molecule has 0 aromatic rings. The first-order chi connectivity index (χ1) is 4.00. The van der Waals surface area contributed by atoms with Gasteiger partial charge in [-0.1, -0.05) is 0 Å². The van der Waals surface area contributed by atoms with E-state index in [0.29, 0.717) is 0 Å². The van der Waals surface area contributed by atoms with Gasteiger partial charge in [0, 0.05) is 0 Å². The second-order valence-corrected chi connectivity index (χ2v) is 3.60. The third-order valence-corrected chi connectivity index (χ3v) is 0. The molecule has 72 valence electrons. The Morgan fingerprint density at radius 3 is 0.455 bits per heavy atom. The maximum Gasteiger partial charge on any atom is 0.668 e. The first-order valence-electron chi connectivity index (χ1n) is 1.79. The molecule has 0 saturated carbocycles. The van der Waals surface area contributed by atoms with E-state index in [1.807, 2.05) is 0 Å². The van der Waals surface area contributed by atoms with Crippen LogP contribution in [0.3, 0.4) is 0 Å². The fraction of sp³-hybridized carbons (Fsp3) is 0. The molecule has 0 aromatic heterocycles. The summed E-state index contributed by atoms with van der Waals surface area (Å²) in [5, 5.41) is 0. The summed E-state index contributed by atoms with van der Waals surface area (Å²) < 4.78 is 0. The van der Waals surface area contributed by atoms with Gasteiger partial charge in [0.15, 0.2) is 0 Å². The van der Waals surface area contributed by atoms with E-state index >= 15 is 0 Å². The van der Waals surface area contributed by atoms with Crippen molar-refractivity contribution in [2.24, 2.45) is 0 Å². The van der Waals surface area contributed by atoms with Gasteiger partial charge in [0.05, 0.1) is 0 Å². The minimum Gasteiger partial charge on any atom is -0.368 e. The molecule has 0 aliphatic rings. The molecule has 9 nitrogen and oxygen atoms in total. The quantitative estimate of drug-likeness (QED) is 0.175. The van der Waals surface area contributed by atoms with E-state index in [1.165, 1.54) is 0 Å². The summed E-state index contributed by atoms with van der Waals surface area (Å²) in [5.41, 5.74) is 0. The maximum atomic E-state index is 7.33. The topological polar surface area (TPSA) is 197 Å². The van der Waals surface area contributed by atoms with Crippen molar-refractivity contribution < 1.29 is 38.4 Å². The standard InChI is InChI=1S/H3N.2H4O4Si/c;2*1-5(2,3)4/h1H3;2*1-4H. The van der Waals surface area contributed by atoms with Crippen LogP contribution in [-0.4, -0.2) is 56.5 Å². The number of rotatable bonds is 0. The summed E-state index contributed by atoms with van der Waals surface area (Å²) in [7, 11) is -9.22. The molecule has 0 aliphatic heterocycles. The van der Waals surface area contributed by atoms with Gasteiger partial charge in [-0.25, -0.2) is 0 Å². The summed E-state index contributed by atoms with van der Waals surface area (Å²) >= 11 is 0. The lowest BCUT2D eigenvalue weighted by Gasteiger charge is -1.91. The van der Waals surface area contributed by atoms with E-state index in [0.717, 1.165) is 0 Å². The van der Waals surface area contributed by atoms with Crippen LogP contribution in [0.1, 0.15) is 0 Å². The van der Waals surface area contributed by atoms with Crippen LogP contribution in [0.2, 0.25) is 0 Å². The Balaban J connectivity index is -0.000000107. The summed E-state index contributed by atoms with van der Waals surface area (Å²) in [6.45, 7) is 0. The normalized spacial score (nSPS) is 10.9. The van der Waals surface area contributed by atoms with Crippen LogP contribution in [0.25, 0.3) is 0 Å². The Labute approximate surface area is 63.6 Å². The average molecular weight is 209 g/mol. The molecular weight excluding hydrogens is 198 g/mol. The molecule has 0 aromatic carbocycles. The molecule has 11 heteroatoms. The molecule has 0 atom stereocenters. The fourth-order valence-corrected chi connectivity index (χ4v) is 0. The number of hydrogen-bond acceptors (Lipinski definition) is 9. The molecule has 0 amide bonds. The molecule has 0 aliphatic carbocycles. The van der Waals surface area contributed by atoms with Gasteiger partial charge in [0.1, 0.15) is 0 Å². The molecule has 0 heterocycles. The van der Waals surface area contributed by atoms with Crippen LogP contribution >= 0.6 is 0 Å². The second-order valence-electron chi connectivity index (χ2n) is 1.20. The Kier molecular flexibility index (Phi) is 8.92. The molecule has 11 N–H and O–H groups in total. The third kappa shape index (κ3) is 121000. The first-order valence-corrected chi connectivity index (χ1v) is 5.37. The second kappa shape index (κ2) is 5.69. The van der Waals surface area contributed by atoms with Crippen molar-refractivity contribution in [1.29, 1.82) is 0 Å². The van der Waals surface area contributed by atoms with Crippen LogP contribution in [0, 0.1) is 0 Å². The van der Waals surface area contributed by atoms with Crippen LogP contribution in [0.15, 0.2) is 0 Å². The highest BCUT2D eigenvalue weighted by Gasteiger charge is 2.22. The van der Waals surface area contributed by atoms with E-state index < -0.39 is 18.1 Å². The van der Waals surface area contributed by atoms with Gasteiger partial charge in [0.2, 0.25) is 0 Å². The van der Waals surface area contributed by atoms with Crippen molar-refractivity contribution in [1.82, 2.24) is 6.15 Å². The zero-order valence-corrected chi connectivity index (χ0v) is 7.28. The van der Waals surface area contributed by atoms with E-state index in [9.17, 15) is 0 Å². The molecule has 0 radical (unpaired) electrons. The average Bonchev–Trinajstić information content (AvgIpc) is 1.12.